The van der Waals surface area contributed by atoms with Crippen molar-refractivity contribution in [3.05, 3.63) is 68.7 Å². The fourth-order valence-corrected chi connectivity index (χ4v) is 3.95. The second-order valence-corrected chi connectivity index (χ2v) is 8.87. The number of carbonyl (C=O) groups excluding carboxylic acids is 1. The van der Waals surface area contributed by atoms with Gasteiger partial charge in [-0.05, 0) is 85.4 Å². The quantitative estimate of drug-likeness (QED) is 0.640. The highest BCUT2D eigenvalue weighted by atomic mass is 35.5. The van der Waals surface area contributed by atoms with E-state index >= 15 is 0 Å². The summed E-state index contributed by atoms with van der Waals surface area (Å²) < 4.78 is 0. The Morgan fingerprint density at radius 2 is 1.70 bits per heavy atom. The molecule has 3 rings (SSSR count). The zero-order valence-corrected chi connectivity index (χ0v) is 17.7. The van der Waals surface area contributed by atoms with E-state index < -0.39 is 0 Å². The van der Waals surface area contributed by atoms with Crippen LogP contribution in [0.4, 0.5) is 0 Å². The third kappa shape index (κ3) is 5.06. The third-order valence-electron chi connectivity index (χ3n) is 5.67. The van der Waals surface area contributed by atoms with Gasteiger partial charge in [0.15, 0.2) is 0 Å². The lowest BCUT2D eigenvalue weighted by Gasteiger charge is -2.25. The van der Waals surface area contributed by atoms with Crippen molar-refractivity contribution in [1.29, 1.82) is 0 Å². The van der Waals surface area contributed by atoms with Crippen LogP contribution in [0.1, 0.15) is 54.2 Å². The highest BCUT2D eigenvalue weighted by Crippen LogP contribution is 2.33. The Hall–Kier alpha value is -1.51. The van der Waals surface area contributed by atoms with E-state index in [1.165, 1.54) is 16.7 Å². The molecule has 2 unspecified atom stereocenters. The van der Waals surface area contributed by atoms with Crippen LogP contribution in [0.15, 0.2) is 36.4 Å². The fraction of sp³-hybridized carbons (Fsp3) is 0.435. The molecule has 1 aliphatic carbocycles. The van der Waals surface area contributed by atoms with E-state index in [9.17, 15) is 4.79 Å². The van der Waals surface area contributed by atoms with E-state index in [4.69, 9.17) is 23.2 Å². The first-order valence-corrected chi connectivity index (χ1v) is 10.5. The SMILES string of the molecule is CC(C)C(C)NC(=O)c1ccc(CC2CCc3cc(Cl)c(Cl)cc3C2)cc1. The molecule has 2 nitrogen and oxygen atoms in total. The average Bonchev–Trinajstić information content (AvgIpc) is 2.63. The first-order valence-electron chi connectivity index (χ1n) is 9.70. The molecule has 2 aromatic rings. The summed E-state index contributed by atoms with van der Waals surface area (Å²) in [4.78, 5) is 12.3. The van der Waals surface area contributed by atoms with E-state index in [0.717, 1.165) is 31.2 Å². The number of nitrogens with one attached hydrogen (secondary N) is 1. The van der Waals surface area contributed by atoms with Gasteiger partial charge < -0.3 is 5.32 Å². The molecule has 0 spiro atoms. The van der Waals surface area contributed by atoms with Gasteiger partial charge in [0, 0.05) is 11.6 Å². The van der Waals surface area contributed by atoms with Crippen LogP contribution in [0.5, 0.6) is 0 Å². The molecule has 0 aliphatic heterocycles. The van der Waals surface area contributed by atoms with E-state index in [1.807, 2.05) is 31.2 Å². The summed E-state index contributed by atoms with van der Waals surface area (Å²) >= 11 is 12.3. The molecule has 0 aromatic heterocycles. The van der Waals surface area contributed by atoms with Crippen LogP contribution in [-0.2, 0) is 19.3 Å². The van der Waals surface area contributed by atoms with Crippen LogP contribution < -0.4 is 5.32 Å². The minimum atomic E-state index is 0.000800. The minimum Gasteiger partial charge on any atom is -0.349 e. The number of hydrogen-bond acceptors (Lipinski definition) is 1. The Morgan fingerprint density at radius 3 is 2.33 bits per heavy atom. The van der Waals surface area contributed by atoms with E-state index in [2.05, 4.69) is 31.3 Å². The molecule has 2 aromatic carbocycles. The number of aryl methyl sites for hydroxylation is 1. The Balaban J connectivity index is 1.62. The molecule has 2 atom stereocenters. The molecule has 27 heavy (non-hydrogen) atoms. The van der Waals surface area contributed by atoms with Gasteiger partial charge in [-0.25, -0.2) is 0 Å². The summed E-state index contributed by atoms with van der Waals surface area (Å²) in [6.07, 6.45) is 4.24. The fourth-order valence-electron chi connectivity index (χ4n) is 3.58. The summed E-state index contributed by atoms with van der Waals surface area (Å²) in [5, 5.41) is 4.34. The number of carbonyl (C=O) groups is 1. The summed E-state index contributed by atoms with van der Waals surface area (Å²) in [7, 11) is 0. The van der Waals surface area contributed by atoms with Crippen LogP contribution in [0.25, 0.3) is 0 Å². The number of amides is 1. The molecular formula is C23H27Cl2NO. The molecule has 144 valence electrons. The normalized spacial score (nSPS) is 17.5. The molecule has 1 amide bonds. The van der Waals surface area contributed by atoms with Crippen molar-refractivity contribution in [2.75, 3.05) is 0 Å². The second kappa shape index (κ2) is 8.67. The molecule has 0 bridgehead atoms. The predicted molar refractivity (Wildman–Crippen MR) is 114 cm³/mol. The predicted octanol–water partition coefficient (Wildman–Crippen LogP) is 6.12. The summed E-state index contributed by atoms with van der Waals surface area (Å²) in [6, 6.07) is 12.2. The van der Waals surface area contributed by atoms with Crippen LogP contribution in [0.3, 0.4) is 0 Å². The van der Waals surface area contributed by atoms with Crippen LogP contribution in [-0.4, -0.2) is 11.9 Å². The van der Waals surface area contributed by atoms with E-state index in [-0.39, 0.29) is 11.9 Å². The van der Waals surface area contributed by atoms with Crippen molar-refractivity contribution in [2.24, 2.45) is 11.8 Å². The highest BCUT2D eigenvalue weighted by Gasteiger charge is 2.20. The molecular weight excluding hydrogens is 377 g/mol. The van der Waals surface area contributed by atoms with Crippen molar-refractivity contribution >= 4 is 29.1 Å². The highest BCUT2D eigenvalue weighted by molar-refractivity contribution is 6.42. The van der Waals surface area contributed by atoms with Gasteiger partial charge in [-0.3, -0.25) is 4.79 Å². The number of rotatable bonds is 5. The number of halogens is 2. The summed E-state index contributed by atoms with van der Waals surface area (Å²) in [5.41, 5.74) is 4.64. The van der Waals surface area contributed by atoms with E-state index in [1.54, 1.807) is 0 Å². The smallest absolute Gasteiger partial charge is 0.251 e. The Morgan fingerprint density at radius 1 is 1.07 bits per heavy atom. The Kier molecular flexibility index (Phi) is 6.49. The van der Waals surface area contributed by atoms with Crippen molar-refractivity contribution in [3.63, 3.8) is 0 Å². The minimum absolute atomic E-state index is 0.000800. The van der Waals surface area contributed by atoms with Crippen molar-refractivity contribution in [2.45, 2.75) is 52.5 Å². The average molecular weight is 404 g/mol. The molecule has 0 radical (unpaired) electrons. The largest absolute Gasteiger partial charge is 0.349 e. The van der Waals surface area contributed by atoms with Gasteiger partial charge in [0.1, 0.15) is 0 Å². The van der Waals surface area contributed by atoms with Gasteiger partial charge in [0.2, 0.25) is 0 Å². The number of hydrogen-bond donors (Lipinski definition) is 1. The van der Waals surface area contributed by atoms with Crippen molar-refractivity contribution in [3.8, 4) is 0 Å². The Bertz CT molecular complexity index is 814. The number of fused-ring (bicyclic) bond motifs is 1. The van der Waals surface area contributed by atoms with Gasteiger partial charge in [-0.1, -0.05) is 49.2 Å². The van der Waals surface area contributed by atoms with Gasteiger partial charge in [0.05, 0.1) is 10.0 Å². The monoisotopic (exact) mass is 403 g/mol. The molecule has 0 fully saturated rings. The molecule has 0 saturated heterocycles. The van der Waals surface area contributed by atoms with Crippen LogP contribution in [0.2, 0.25) is 10.0 Å². The maximum atomic E-state index is 12.3. The van der Waals surface area contributed by atoms with Crippen LogP contribution >= 0.6 is 23.2 Å². The first-order chi connectivity index (χ1) is 12.8. The lowest BCUT2D eigenvalue weighted by atomic mass is 9.81. The van der Waals surface area contributed by atoms with Crippen molar-refractivity contribution in [1.82, 2.24) is 5.32 Å². The lowest BCUT2D eigenvalue weighted by Crippen LogP contribution is -2.36. The summed E-state index contributed by atoms with van der Waals surface area (Å²) in [6.45, 7) is 6.26. The maximum absolute atomic E-state index is 12.3. The van der Waals surface area contributed by atoms with Gasteiger partial charge in [-0.15, -0.1) is 0 Å². The van der Waals surface area contributed by atoms with Gasteiger partial charge in [0.25, 0.3) is 5.91 Å². The zero-order valence-electron chi connectivity index (χ0n) is 16.2. The Labute approximate surface area is 172 Å². The van der Waals surface area contributed by atoms with Crippen LogP contribution in [0, 0.1) is 11.8 Å². The van der Waals surface area contributed by atoms with E-state index in [0.29, 0.717) is 21.9 Å². The molecule has 1 aliphatic rings. The molecule has 4 heteroatoms. The number of benzene rings is 2. The van der Waals surface area contributed by atoms with Crippen molar-refractivity contribution < 1.29 is 4.79 Å². The topological polar surface area (TPSA) is 29.1 Å². The standard InChI is InChI=1S/C23H27Cl2NO/c1-14(2)15(3)26-23(27)18-7-4-16(5-8-18)10-17-6-9-19-12-21(24)22(25)13-20(19)11-17/h4-5,7-8,12-15,17H,6,9-11H2,1-3H3,(H,26,27). The van der Waals surface area contributed by atoms with Gasteiger partial charge >= 0.3 is 0 Å². The lowest BCUT2D eigenvalue weighted by molar-refractivity contribution is 0.0930. The maximum Gasteiger partial charge on any atom is 0.251 e. The third-order valence-corrected chi connectivity index (χ3v) is 6.39. The zero-order chi connectivity index (χ0) is 19.6. The van der Waals surface area contributed by atoms with Gasteiger partial charge in [-0.2, -0.15) is 0 Å². The molecule has 1 N–H and O–H groups in total. The molecule has 0 saturated carbocycles. The summed E-state index contributed by atoms with van der Waals surface area (Å²) in [5.74, 6) is 1.02. The molecule has 0 heterocycles. The first kappa shape index (κ1) is 20.2. The second-order valence-electron chi connectivity index (χ2n) is 8.05.